The second-order valence-corrected chi connectivity index (χ2v) is 9.53. The molecule has 0 spiro atoms. The Labute approximate surface area is 215 Å². The van der Waals surface area contributed by atoms with E-state index in [1.807, 2.05) is 39.0 Å². The third-order valence-electron chi connectivity index (χ3n) is 6.53. The normalized spacial score (nSPS) is 20.2. The van der Waals surface area contributed by atoms with Crippen LogP contribution in [0.5, 0.6) is 17.2 Å². The topological polar surface area (TPSA) is 85.3 Å². The maximum Gasteiger partial charge on any atom is 0.300 e. The van der Waals surface area contributed by atoms with Crippen LogP contribution in [0.2, 0.25) is 0 Å². The lowest BCUT2D eigenvalue weighted by atomic mass is 9.93. The molecule has 2 aliphatic heterocycles. The first-order chi connectivity index (χ1) is 17.8. The van der Waals surface area contributed by atoms with Crippen LogP contribution in [0, 0.1) is 0 Å². The fraction of sp³-hybridized carbons (Fsp3) is 0.267. The van der Waals surface area contributed by atoms with Crippen molar-refractivity contribution in [2.24, 2.45) is 0 Å². The first-order valence-corrected chi connectivity index (χ1v) is 12.3. The lowest BCUT2D eigenvalue weighted by Crippen LogP contribution is -2.29. The smallest absolute Gasteiger partial charge is 0.300 e. The van der Waals surface area contributed by atoms with E-state index in [0.29, 0.717) is 34.7 Å². The molecule has 2 heterocycles. The Balaban J connectivity index is 1.66. The summed E-state index contributed by atoms with van der Waals surface area (Å²) in [6.45, 7) is 5.84. The molecule has 190 valence electrons. The summed E-state index contributed by atoms with van der Waals surface area (Å²) in [5, 5.41) is 11.5. The Bertz CT molecular complexity index is 1390. The number of carbonyl (C=O) groups excluding carboxylic acids is 2. The minimum absolute atomic E-state index is 0.00363. The van der Waals surface area contributed by atoms with Gasteiger partial charge in [-0.3, -0.25) is 14.5 Å². The largest absolute Gasteiger partial charge is 0.507 e. The van der Waals surface area contributed by atoms with Gasteiger partial charge in [-0.1, -0.05) is 18.2 Å². The first-order valence-electron chi connectivity index (χ1n) is 12.3. The molecule has 0 bridgehead atoms. The number of Topliss-reactive ketones (excluding diaryl/α,β-unsaturated/α-hetero) is 1. The lowest BCUT2D eigenvalue weighted by Gasteiger charge is -2.27. The van der Waals surface area contributed by atoms with E-state index in [1.165, 1.54) is 12.0 Å². The van der Waals surface area contributed by atoms with Gasteiger partial charge in [0.1, 0.15) is 29.1 Å². The number of ether oxygens (including phenoxy) is 3. The van der Waals surface area contributed by atoms with Crippen molar-refractivity contribution in [2.75, 3.05) is 12.0 Å². The zero-order chi connectivity index (χ0) is 26.3. The van der Waals surface area contributed by atoms with E-state index in [9.17, 15) is 14.7 Å². The van der Waals surface area contributed by atoms with E-state index in [-0.39, 0.29) is 23.5 Å². The number of rotatable bonds is 6. The van der Waals surface area contributed by atoms with Crippen LogP contribution in [0.15, 0.2) is 72.3 Å². The maximum absolute atomic E-state index is 13.5. The van der Waals surface area contributed by atoms with Crippen molar-refractivity contribution in [3.8, 4) is 17.2 Å². The quantitative estimate of drug-likeness (QED) is 0.277. The predicted molar refractivity (Wildman–Crippen MR) is 140 cm³/mol. The molecular weight excluding hydrogens is 470 g/mol. The Kier molecular flexibility index (Phi) is 6.38. The summed E-state index contributed by atoms with van der Waals surface area (Å²) in [6, 6.07) is 18.6. The SMILES string of the molecule is COc1ccccc1C1/C(=C(\O)c2ccc3c(c2)CC(C)O3)C(=O)C(=O)N1c1ccc(OC(C)C)cc1. The highest BCUT2D eigenvalue weighted by Crippen LogP contribution is 2.45. The highest BCUT2D eigenvalue weighted by molar-refractivity contribution is 6.51. The molecule has 37 heavy (non-hydrogen) atoms. The molecule has 3 aromatic carbocycles. The van der Waals surface area contributed by atoms with E-state index < -0.39 is 17.7 Å². The number of ketones is 1. The summed E-state index contributed by atoms with van der Waals surface area (Å²) >= 11 is 0. The molecule has 1 amide bonds. The summed E-state index contributed by atoms with van der Waals surface area (Å²) in [4.78, 5) is 28.4. The Hall–Kier alpha value is -4.26. The third-order valence-corrected chi connectivity index (χ3v) is 6.53. The molecule has 1 saturated heterocycles. The van der Waals surface area contributed by atoms with Crippen molar-refractivity contribution in [1.82, 2.24) is 0 Å². The summed E-state index contributed by atoms with van der Waals surface area (Å²) < 4.78 is 17.1. The molecule has 2 atom stereocenters. The molecular formula is C30H29NO6. The van der Waals surface area contributed by atoms with Gasteiger partial charge < -0.3 is 19.3 Å². The van der Waals surface area contributed by atoms with Gasteiger partial charge in [0.25, 0.3) is 11.7 Å². The second kappa shape index (κ2) is 9.65. The molecule has 0 saturated carbocycles. The van der Waals surface area contributed by atoms with Crippen molar-refractivity contribution in [3.05, 3.63) is 89.0 Å². The number of nitrogens with zero attached hydrogens (tertiary/aromatic N) is 1. The predicted octanol–water partition coefficient (Wildman–Crippen LogP) is 5.43. The second-order valence-electron chi connectivity index (χ2n) is 9.53. The minimum atomic E-state index is -0.892. The number of anilines is 1. The number of benzene rings is 3. The van der Waals surface area contributed by atoms with Gasteiger partial charge in [-0.05, 0) is 74.9 Å². The first kappa shape index (κ1) is 24.4. The molecule has 1 N–H and O–H groups in total. The average Bonchev–Trinajstić information content (AvgIpc) is 3.39. The standard InChI is InChI=1S/C30H29NO6/c1-17(2)36-22-12-10-21(11-13-22)31-27(23-7-5-6-8-25(23)35-4)26(29(33)30(31)34)28(32)19-9-14-24-20(16-19)15-18(3)37-24/h5-14,16-18,27,32H,15H2,1-4H3/b28-26+. The van der Waals surface area contributed by atoms with Gasteiger partial charge in [0.15, 0.2) is 0 Å². The van der Waals surface area contributed by atoms with Gasteiger partial charge >= 0.3 is 0 Å². The van der Waals surface area contributed by atoms with Crippen LogP contribution < -0.4 is 19.1 Å². The van der Waals surface area contributed by atoms with E-state index in [4.69, 9.17) is 14.2 Å². The summed E-state index contributed by atoms with van der Waals surface area (Å²) in [7, 11) is 1.53. The average molecular weight is 500 g/mol. The molecule has 3 aromatic rings. The van der Waals surface area contributed by atoms with Crippen LogP contribution in [-0.2, 0) is 16.0 Å². The fourth-order valence-electron chi connectivity index (χ4n) is 4.97. The Morgan fingerprint density at radius 2 is 1.78 bits per heavy atom. The number of methoxy groups -OCH3 is 1. The highest BCUT2D eigenvalue weighted by Gasteiger charge is 2.48. The van der Waals surface area contributed by atoms with Gasteiger partial charge in [0.05, 0.1) is 24.8 Å². The zero-order valence-electron chi connectivity index (χ0n) is 21.2. The van der Waals surface area contributed by atoms with E-state index in [0.717, 1.165) is 11.3 Å². The minimum Gasteiger partial charge on any atom is -0.507 e. The number of amides is 1. The number of aliphatic hydroxyl groups is 1. The van der Waals surface area contributed by atoms with Crippen LogP contribution in [0.4, 0.5) is 5.69 Å². The van der Waals surface area contributed by atoms with Crippen molar-refractivity contribution in [3.63, 3.8) is 0 Å². The van der Waals surface area contributed by atoms with E-state index >= 15 is 0 Å². The lowest BCUT2D eigenvalue weighted by molar-refractivity contribution is -0.132. The van der Waals surface area contributed by atoms with Crippen LogP contribution >= 0.6 is 0 Å². The molecule has 7 nitrogen and oxygen atoms in total. The molecule has 1 fully saturated rings. The van der Waals surface area contributed by atoms with Crippen LogP contribution in [0.25, 0.3) is 5.76 Å². The third kappa shape index (κ3) is 4.42. The molecule has 2 unspecified atom stereocenters. The molecule has 2 aliphatic rings. The number of carbonyl (C=O) groups is 2. The summed E-state index contributed by atoms with van der Waals surface area (Å²) in [5.74, 6) is 0.183. The molecule has 5 rings (SSSR count). The molecule has 0 aromatic heterocycles. The number of hydrogen-bond donors (Lipinski definition) is 1. The summed E-state index contributed by atoms with van der Waals surface area (Å²) in [6.07, 6.45) is 0.731. The zero-order valence-corrected chi connectivity index (χ0v) is 21.2. The van der Waals surface area contributed by atoms with Crippen molar-refractivity contribution < 1.29 is 28.9 Å². The van der Waals surface area contributed by atoms with E-state index in [1.54, 1.807) is 48.5 Å². The van der Waals surface area contributed by atoms with Crippen molar-refractivity contribution in [2.45, 2.75) is 45.4 Å². The van der Waals surface area contributed by atoms with Crippen LogP contribution in [0.3, 0.4) is 0 Å². The van der Waals surface area contributed by atoms with Gasteiger partial charge in [0.2, 0.25) is 0 Å². The van der Waals surface area contributed by atoms with Crippen LogP contribution in [-0.4, -0.2) is 36.1 Å². The maximum atomic E-state index is 13.5. The molecule has 0 radical (unpaired) electrons. The van der Waals surface area contributed by atoms with Crippen LogP contribution in [0.1, 0.15) is 43.5 Å². The van der Waals surface area contributed by atoms with Gasteiger partial charge in [-0.15, -0.1) is 0 Å². The number of aliphatic hydroxyl groups excluding tert-OH is 1. The van der Waals surface area contributed by atoms with Crippen molar-refractivity contribution >= 4 is 23.1 Å². The molecule has 7 heteroatoms. The van der Waals surface area contributed by atoms with E-state index in [2.05, 4.69) is 0 Å². The van der Waals surface area contributed by atoms with Gasteiger partial charge in [-0.2, -0.15) is 0 Å². The Morgan fingerprint density at radius 1 is 1.05 bits per heavy atom. The number of hydrogen-bond acceptors (Lipinski definition) is 6. The highest BCUT2D eigenvalue weighted by atomic mass is 16.5. The van der Waals surface area contributed by atoms with Gasteiger partial charge in [0, 0.05) is 23.2 Å². The van der Waals surface area contributed by atoms with Crippen molar-refractivity contribution in [1.29, 1.82) is 0 Å². The fourth-order valence-corrected chi connectivity index (χ4v) is 4.97. The Morgan fingerprint density at radius 3 is 2.49 bits per heavy atom. The van der Waals surface area contributed by atoms with Gasteiger partial charge in [-0.25, -0.2) is 0 Å². The summed E-state index contributed by atoms with van der Waals surface area (Å²) in [5.41, 5.74) is 2.50. The monoisotopic (exact) mass is 499 g/mol. The molecule has 0 aliphatic carbocycles. The number of fused-ring (bicyclic) bond motifs is 1. The number of para-hydroxylation sites is 1.